The zero-order valence-corrected chi connectivity index (χ0v) is 21.0. The van der Waals surface area contributed by atoms with Gasteiger partial charge in [0.05, 0.1) is 41.0 Å². The summed E-state index contributed by atoms with van der Waals surface area (Å²) in [7, 11) is 1.20. The number of carbonyl (C=O) groups is 4. The Hall–Kier alpha value is -4.67. The number of rotatable bonds is 8. The van der Waals surface area contributed by atoms with Crippen LogP contribution >= 0.6 is 0 Å². The SMILES string of the molecule is CCOC(=O)C1=C(CCN2C(=O)c3ccccc3C2=O)N=C(C)C(C(=O)OC)C1c1cccc([N+](=O)[O-])c1. The van der Waals surface area contributed by atoms with Crippen molar-refractivity contribution in [2.75, 3.05) is 20.3 Å². The van der Waals surface area contributed by atoms with E-state index in [1.807, 2.05) is 0 Å². The van der Waals surface area contributed by atoms with Crippen LogP contribution in [-0.2, 0) is 19.1 Å². The van der Waals surface area contributed by atoms with E-state index in [1.54, 1.807) is 44.2 Å². The number of ether oxygens (including phenoxy) is 2. The summed E-state index contributed by atoms with van der Waals surface area (Å²) in [4.78, 5) is 68.4. The first-order chi connectivity index (χ1) is 18.2. The molecule has 11 nitrogen and oxygen atoms in total. The number of esters is 2. The number of non-ortho nitro benzene ring substituents is 1. The predicted octanol–water partition coefficient (Wildman–Crippen LogP) is 3.45. The van der Waals surface area contributed by atoms with Gasteiger partial charge in [0.1, 0.15) is 5.92 Å². The Balaban J connectivity index is 1.80. The smallest absolute Gasteiger partial charge is 0.336 e. The second-order valence-corrected chi connectivity index (χ2v) is 8.72. The van der Waals surface area contributed by atoms with Gasteiger partial charge in [-0.15, -0.1) is 0 Å². The maximum atomic E-state index is 13.3. The lowest BCUT2D eigenvalue weighted by molar-refractivity contribution is -0.384. The van der Waals surface area contributed by atoms with Gasteiger partial charge in [0.25, 0.3) is 17.5 Å². The molecule has 2 aromatic rings. The third-order valence-corrected chi connectivity index (χ3v) is 6.56. The zero-order chi connectivity index (χ0) is 27.6. The van der Waals surface area contributed by atoms with Gasteiger partial charge in [0.2, 0.25) is 0 Å². The Bertz CT molecular complexity index is 1380. The maximum Gasteiger partial charge on any atom is 0.336 e. The Morgan fingerprint density at radius 2 is 1.74 bits per heavy atom. The van der Waals surface area contributed by atoms with E-state index in [9.17, 15) is 29.3 Å². The van der Waals surface area contributed by atoms with Crippen molar-refractivity contribution >= 4 is 35.2 Å². The van der Waals surface area contributed by atoms with Gasteiger partial charge in [-0.25, -0.2) is 4.79 Å². The van der Waals surface area contributed by atoms with E-state index in [0.717, 1.165) is 4.90 Å². The molecular weight excluding hydrogens is 494 g/mol. The van der Waals surface area contributed by atoms with Gasteiger partial charge in [-0.2, -0.15) is 0 Å². The number of hydrogen-bond donors (Lipinski definition) is 0. The number of amides is 2. The molecule has 0 aromatic heterocycles. The van der Waals surface area contributed by atoms with Gasteiger partial charge in [-0.3, -0.25) is 34.4 Å². The van der Waals surface area contributed by atoms with Gasteiger partial charge in [-0.1, -0.05) is 24.3 Å². The molecule has 2 atom stereocenters. The minimum absolute atomic E-state index is 0.00369. The van der Waals surface area contributed by atoms with E-state index in [0.29, 0.717) is 22.4 Å². The van der Waals surface area contributed by atoms with Gasteiger partial charge in [-0.05, 0) is 31.5 Å². The Morgan fingerprint density at radius 3 is 2.32 bits per heavy atom. The van der Waals surface area contributed by atoms with Crippen LogP contribution in [0, 0.1) is 16.0 Å². The van der Waals surface area contributed by atoms with Crippen molar-refractivity contribution in [2.24, 2.45) is 10.9 Å². The van der Waals surface area contributed by atoms with E-state index < -0.39 is 40.5 Å². The summed E-state index contributed by atoms with van der Waals surface area (Å²) in [6.45, 7) is 3.16. The number of nitro groups is 1. The fourth-order valence-electron chi connectivity index (χ4n) is 4.86. The molecule has 2 aliphatic heterocycles. The first kappa shape index (κ1) is 26.4. The predicted molar refractivity (Wildman–Crippen MR) is 135 cm³/mol. The van der Waals surface area contributed by atoms with Crippen molar-refractivity contribution in [3.63, 3.8) is 0 Å². The van der Waals surface area contributed by atoms with Crippen LogP contribution < -0.4 is 0 Å². The topological polar surface area (TPSA) is 145 Å². The van der Waals surface area contributed by atoms with E-state index in [4.69, 9.17) is 9.47 Å². The first-order valence-corrected chi connectivity index (χ1v) is 11.9. The van der Waals surface area contributed by atoms with Crippen LogP contribution in [0.5, 0.6) is 0 Å². The normalized spacial score (nSPS) is 18.7. The summed E-state index contributed by atoms with van der Waals surface area (Å²) >= 11 is 0. The summed E-state index contributed by atoms with van der Waals surface area (Å²) in [6, 6.07) is 12.1. The Kier molecular flexibility index (Phi) is 7.47. The van der Waals surface area contributed by atoms with Crippen molar-refractivity contribution in [1.82, 2.24) is 4.90 Å². The number of aliphatic imine (C=N–C) groups is 1. The van der Waals surface area contributed by atoms with Crippen molar-refractivity contribution in [2.45, 2.75) is 26.2 Å². The molecule has 2 heterocycles. The van der Waals surface area contributed by atoms with Crippen LogP contribution in [0.2, 0.25) is 0 Å². The molecule has 0 bridgehead atoms. The largest absolute Gasteiger partial charge is 0.468 e. The summed E-state index contributed by atoms with van der Waals surface area (Å²) < 4.78 is 10.3. The number of nitro benzene ring substituents is 1. The highest BCUT2D eigenvalue weighted by Crippen LogP contribution is 2.42. The maximum absolute atomic E-state index is 13.3. The molecule has 0 saturated carbocycles. The van der Waals surface area contributed by atoms with Crippen molar-refractivity contribution in [3.05, 3.63) is 86.6 Å². The monoisotopic (exact) mass is 519 g/mol. The summed E-state index contributed by atoms with van der Waals surface area (Å²) in [5, 5.41) is 11.5. The number of fused-ring (bicyclic) bond motifs is 1. The second kappa shape index (κ2) is 10.8. The highest BCUT2D eigenvalue weighted by atomic mass is 16.6. The van der Waals surface area contributed by atoms with Crippen molar-refractivity contribution in [3.8, 4) is 0 Å². The van der Waals surface area contributed by atoms with Gasteiger partial charge >= 0.3 is 11.9 Å². The second-order valence-electron chi connectivity index (χ2n) is 8.72. The van der Waals surface area contributed by atoms with E-state index >= 15 is 0 Å². The van der Waals surface area contributed by atoms with Gasteiger partial charge < -0.3 is 9.47 Å². The third-order valence-electron chi connectivity index (χ3n) is 6.56. The molecule has 11 heteroatoms. The van der Waals surface area contributed by atoms with Crippen LogP contribution in [0.4, 0.5) is 5.69 Å². The van der Waals surface area contributed by atoms with Crippen molar-refractivity contribution < 1.29 is 33.6 Å². The standard InChI is InChI=1S/C27H25N3O8/c1-4-38-27(34)23-20(12-13-29-24(31)18-10-5-6-11-19(18)25(29)32)28-15(2)21(26(33)37-3)22(23)16-8-7-9-17(14-16)30(35)36/h5-11,14,21-22H,4,12-13H2,1-3H3. The Labute approximate surface area is 217 Å². The highest BCUT2D eigenvalue weighted by molar-refractivity contribution is 6.21. The summed E-state index contributed by atoms with van der Waals surface area (Å²) in [5.41, 5.74) is 1.24. The van der Waals surface area contributed by atoms with E-state index in [-0.39, 0.29) is 36.5 Å². The molecule has 2 aliphatic rings. The average Bonchev–Trinajstić information content (AvgIpc) is 3.15. The molecule has 2 unspecified atom stereocenters. The summed E-state index contributed by atoms with van der Waals surface area (Å²) in [5.74, 6) is -4.40. The van der Waals surface area contributed by atoms with Crippen LogP contribution in [0.1, 0.15) is 52.5 Å². The number of nitrogens with zero attached hydrogens (tertiary/aromatic N) is 3. The lowest BCUT2D eigenvalue weighted by Gasteiger charge is -2.32. The van der Waals surface area contributed by atoms with Crippen LogP contribution in [0.15, 0.2) is 64.8 Å². The number of carbonyl (C=O) groups excluding carboxylic acids is 4. The minimum atomic E-state index is -1.05. The average molecular weight is 520 g/mol. The molecule has 0 radical (unpaired) electrons. The van der Waals surface area contributed by atoms with Crippen molar-refractivity contribution in [1.29, 1.82) is 0 Å². The molecule has 0 N–H and O–H groups in total. The molecule has 196 valence electrons. The Morgan fingerprint density at radius 1 is 1.08 bits per heavy atom. The van der Waals surface area contributed by atoms with E-state index in [2.05, 4.69) is 4.99 Å². The molecular formula is C27H25N3O8. The lowest BCUT2D eigenvalue weighted by Crippen LogP contribution is -2.37. The van der Waals surface area contributed by atoms with Crippen LogP contribution in [0.3, 0.4) is 0 Å². The highest BCUT2D eigenvalue weighted by Gasteiger charge is 2.44. The minimum Gasteiger partial charge on any atom is -0.468 e. The fraction of sp³-hybridized carbons (Fsp3) is 0.296. The number of imide groups is 1. The molecule has 0 fully saturated rings. The van der Waals surface area contributed by atoms with Crippen LogP contribution in [0.25, 0.3) is 0 Å². The molecule has 38 heavy (non-hydrogen) atoms. The molecule has 4 rings (SSSR count). The molecule has 0 spiro atoms. The first-order valence-electron chi connectivity index (χ1n) is 11.9. The van der Waals surface area contributed by atoms with E-state index in [1.165, 1.54) is 25.3 Å². The number of methoxy groups -OCH3 is 1. The molecule has 2 aromatic carbocycles. The molecule has 0 aliphatic carbocycles. The summed E-state index contributed by atoms with van der Waals surface area (Å²) in [6.07, 6.45) is -0.00369. The lowest BCUT2D eigenvalue weighted by atomic mass is 9.75. The zero-order valence-electron chi connectivity index (χ0n) is 21.0. The quantitative estimate of drug-likeness (QED) is 0.223. The third kappa shape index (κ3) is 4.70. The number of hydrogen-bond acceptors (Lipinski definition) is 9. The fourth-order valence-corrected chi connectivity index (χ4v) is 4.86. The van der Waals surface area contributed by atoms with Gasteiger partial charge in [0, 0.05) is 36.7 Å². The molecule has 0 saturated heterocycles. The molecule has 2 amide bonds. The van der Waals surface area contributed by atoms with Crippen LogP contribution in [-0.4, -0.2) is 59.5 Å². The number of benzene rings is 2. The van der Waals surface area contributed by atoms with Gasteiger partial charge in [0.15, 0.2) is 0 Å².